The van der Waals surface area contributed by atoms with E-state index in [-0.39, 0.29) is 11.8 Å². The molecule has 102 valence electrons. The van der Waals surface area contributed by atoms with E-state index in [1.54, 1.807) is 6.07 Å². The number of hydrogen-bond acceptors (Lipinski definition) is 3. The average Bonchev–Trinajstić information content (AvgIpc) is 2.42. The second-order valence-electron chi connectivity index (χ2n) is 4.45. The number of hydrogen-bond donors (Lipinski definition) is 3. The van der Waals surface area contributed by atoms with Gasteiger partial charge in [-0.05, 0) is 60.7 Å². The van der Waals surface area contributed by atoms with Crippen LogP contribution in [0.25, 0.3) is 0 Å². The maximum absolute atomic E-state index is 11.9. The first-order valence-electron chi connectivity index (χ1n) is 6.24. The zero-order valence-corrected chi connectivity index (χ0v) is 12.6. The molecule has 2 rings (SSSR count). The Bertz CT molecular complexity index is 473. The van der Waals surface area contributed by atoms with Crippen LogP contribution < -0.4 is 16.0 Å². The highest BCUT2D eigenvalue weighted by molar-refractivity contribution is 14.1. The van der Waals surface area contributed by atoms with E-state index in [4.69, 9.17) is 0 Å². The van der Waals surface area contributed by atoms with E-state index in [1.165, 1.54) is 0 Å². The van der Waals surface area contributed by atoms with Gasteiger partial charge in [-0.25, -0.2) is 4.79 Å². The van der Waals surface area contributed by atoms with E-state index >= 15 is 0 Å². The molecule has 1 saturated heterocycles. The molecule has 0 spiro atoms. The van der Waals surface area contributed by atoms with Crippen molar-refractivity contribution >= 4 is 40.2 Å². The molecular weight excluding hydrogens is 357 g/mol. The number of carbonyl (C=O) groups excluding carboxylic acids is 2. The zero-order chi connectivity index (χ0) is 13.7. The van der Waals surface area contributed by atoms with Crippen molar-refractivity contribution in [2.45, 2.75) is 12.8 Å². The molecule has 3 N–H and O–H groups in total. The van der Waals surface area contributed by atoms with Crippen LogP contribution in [0.2, 0.25) is 0 Å². The van der Waals surface area contributed by atoms with E-state index in [0.717, 1.165) is 29.5 Å². The van der Waals surface area contributed by atoms with Gasteiger partial charge < -0.3 is 10.6 Å². The summed E-state index contributed by atoms with van der Waals surface area (Å²) >= 11 is 2.13. The van der Waals surface area contributed by atoms with E-state index < -0.39 is 6.03 Å². The van der Waals surface area contributed by atoms with Gasteiger partial charge >= 0.3 is 6.03 Å². The normalized spacial score (nSPS) is 15.8. The molecule has 5 nitrogen and oxygen atoms in total. The van der Waals surface area contributed by atoms with Gasteiger partial charge in [-0.2, -0.15) is 0 Å². The summed E-state index contributed by atoms with van der Waals surface area (Å²) in [5, 5.41) is 8.28. The van der Waals surface area contributed by atoms with Crippen LogP contribution in [0, 0.1) is 9.49 Å². The van der Waals surface area contributed by atoms with Crippen LogP contribution in [0.3, 0.4) is 0 Å². The minimum atomic E-state index is -0.465. The molecule has 1 aliphatic heterocycles. The standard InChI is InChI=1S/C13H16IN3O2/c14-10-3-1-2-4-11(10)16-13(19)17-12(18)9-5-7-15-8-6-9/h1-4,9,15H,5-8H2,(H2,16,17,18,19). The first kappa shape index (κ1) is 14.3. The topological polar surface area (TPSA) is 70.2 Å². The van der Waals surface area contributed by atoms with Crippen molar-refractivity contribution in [2.24, 2.45) is 5.92 Å². The Balaban J connectivity index is 1.87. The van der Waals surface area contributed by atoms with Crippen molar-refractivity contribution in [1.82, 2.24) is 10.6 Å². The summed E-state index contributed by atoms with van der Waals surface area (Å²) in [6.45, 7) is 1.66. The molecule has 0 unspecified atom stereocenters. The molecule has 0 saturated carbocycles. The van der Waals surface area contributed by atoms with Crippen molar-refractivity contribution in [1.29, 1.82) is 0 Å². The van der Waals surface area contributed by atoms with E-state index in [9.17, 15) is 9.59 Å². The minimum absolute atomic E-state index is 0.0677. The summed E-state index contributed by atoms with van der Waals surface area (Å²) in [7, 11) is 0. The number of rotatable bonds is 2. The SMILES string of the molecule is O=C(NC(=O)C1CCNCC1)Nc1ccccc1I. The molecule has 0 aliphatic carbocycles. The van der Waals surface area contributed by atoms with Gasteiger partial charge in [0.2, 0.25) is 5.91 Å². The van der Waals surface area contributed by atoms with Crippen LogP contribution in [-0.4, -0.2) is 25.0 Å². The fourth-order valence-corrected chi connectivity index (χ4v) is 2.54. The molecule has 1 heterocycles. The lowest BCUT2D eigenvalue weighted by molar-refractivity contribution is -0.124. The number of carbonyl (C=O) groups is 2. The Hall–Kier alpha value is -1.15. The fourth-order valence-electron chi connectivity index (χ4n) is 2.01. The molecule has 19 heavy (non-hydrogen) atoms. The lowest BCUT2D eigenvalue weighted by Crippen LogP contribution is -2.42. The first-order chi connectivity index (χ1) is 9.16. The van der Waals surface area contributed by atoms with E-state index in [0.29, 0.717) is 5.69 Å². The highest BCUT2D eigenvalue weighted by atomic mass is 127. The molecule has 6 heteroatoms. The Labute approximate surface area is 125 Å². The smallest absolute Gasteiger partial charge is 0.317 e. The highest BCUT2D eigenvalue weighted by Gasteiger charge is 2.22. The van der Waals surface area contributed by atoms with Crippen LogP contribution in [-0.2, 0) is 4.79 Å². The number of nitrogens with one attached hydrogen (secondary N) is 3. The van der Waals surface area contributed by atoms with Crippen LogP contribution >= 0.6 is 22.6 Å². The average molecular weight is 373 g/mol. The maximum Gasteiger partial charge on any atom is 0.325 e. The third kappa shape index (κ3) is 4.17. The molecule has 0 aromatic heterocycles. The van der Waals surface area contributed by atoms with Gasteiger partial charge in [0.25, 0.3) is 0 Å². The molecule has 0 atom stereocenters. The van der Waals surface area contributed by atoms with Gasteiger partial charge in [-0.3, -0.25) is 10.1 Å². The number of halogens is 1. The Kier molecular flexibility index (Phi) is 5.15. The van der Waals surface area contributed by atoms with Gasteiger partial charge in [0.05, 0.1) is 5.69 Å². The lowest BCUT2D eigenvalue weighted by Gasteiger charge is -2.21. The van der Waals surface area contributed by atoms with Gasteiger partial charge in [0, 0.05) is 9.49 Å². The predicted molar refractivity (Wildman–Crippen MR) is 81.9 cm³/mol. The molecular formula is C13H16IN3O2. The second-order valence-corrected chi connectivity index (χ2v) is 5.61. The van der Waals surface area contributed by atoms with Gasteiger partial charge in [0.15, 0.2) is 0 Å². The molecule has 0 bridgehead atoms. The number of para-hydroxylation sites is 1. The molecule has 1 fully saturated rings. The number of piperidine rings is 1. The summed E-state index contributed by atoms with van der Waals surface area (Å²) in [5.74, 6) is -0.258. The molecule has 1 aromatic carbocycles. The van der Waals surface area contributed by atoms with E-state index in [1.807, 2.05) is 18.2 Å². The van der Waals surface area contributed by atoms with Crippen molar-refractivity contribution < 1.29 is 9.59 Å². The minimum Gasteiger partial charge on any atom is -0.317 e. The van der Waals surface area contributed by atoms with Crippen molar-refractivity contribution in [3.8, 4) is 0 Å². The largest absolute Gasteiger partial charge is 0.325 e. The van der Waals surface area contributed by atoms with E-state index in [2.05, 4.69) is 38.5 Å². The first-order valence-corrected chi connectivity index (χ1v) is 7.32. The monoisotopic (exact) mass is 373 g/mol. The summed E-state index contributed by atoms with van der Waals surface area (Å²) in [6.07, 6.45) is 1.56. The zero-order valence-electron chi connectivity index (χ0n) is 10.4. The summed E-state index contributed by atoms with van der Waals surface area (Å²) in [4.78, 5) is 23.6. The molecule has 1 aliphatic rings. The Morgan fingerprint density at radius 1 is 1.21 bits per heavy atom. The van der Waals surface area contributed by atoms with Crippen LogP contribution in [0.15, 0.2) is 24.3 Å². The Morgan fingerprint density at radius 2 is 1.89 bits per heavy atom. The molecule has 1 aromatic rings. The van der Waals surface area contributed by atoms with Crippen LogP contribution in [0.4, 0.5) is 10.5 Å². The summed E-state index contributed by atoms with van der Waals surface area (Å²) in [5.41, 5.74) is 0.707. The third-order valence-corrected chi connectivity index (χ3v) is 4.01. The Morgan fingerprint density at radius 3 is 2.58 bits per heavy atom. The highest BCUT2D eigenvalue weighted by Crippen LogP contribution is 2.17. The maximum atomic E-state index is 11.9. The quantitative estimate of drug-likeness (QED) is 0.694. The van der Waals surface area contributed by atoms with Crippen molar-refractivity contribution in [2.75, 3.05) is 18.4 Å². The second kappa shape index (κ2) is 6.85. The van der Waals surface area contributed by atoms with Crippen molar-refractivity contribution in [3.63, 3.8) is 0 Å². The molecule has 3 amide bonds. The number of urea groups is 1. The van der Waals surface area contributed by atoms with Crippen LogP contribution in [0.5, 0.6) is 0 Å². The molecule has 0 radical (unpaired) electrons. The fraction of sp³-hybridized carbons (Fsp3) is 0.385. The van der Waals surface area contributed by atoms with Gasteiger partial charge in [-0.1, -0.05) is 12.1 Å². The van der Waals surface area contributed by atoms with Crippen LogP contribution in [0.1, 0.15) is 12.8 Å². The lowest BCUT2D eigenvalue weighted by atomic mass is 9.97. The number of benzene rings is 1. The third-order valence-electron chi connectivity index (χ3n) is 3.07. The van der Waals surface area contributed by atoms with Gasteiger partial charge in [0.1, 0.15) is 0 Å². The van der Waals surface area contributed by atoms with Gasteiger partial charge in [-0.15, -0.1) is 0 Å². The van der Waals surface area contributed by atoms with Crippen molar-refractivity contribution in [3.05, 3.63) is 27.8 Å². The number of imide groups is 1. The predicted octanol–water partition coefficient (Wildman–Crippen LogP) is 1.94. The number of anilines is 1. The summed E-state index contributed by atoms with van der Waals surface area (Å²) < 4.78 is 0.935. The number of amides is 3. The summed E-state index contributed by atoms with van der Waals surface area (Å²) in [6, 6.07) is 6.96.